The van der Waals surface area contributed by atoms with Crippen molar-refractivity contribution in [1.29, 1.82) is 0 Å². The van der Waals surface area contributed by atoms with Crippen molar-refractivity contribution in [3.63, 3.8) is 0 Å². The summed E-state index contributed by atoms with van der Waals surface area (Å²) in [6, 6.07) is 0. The molecule has 0 aliphatic heterocycles. The van der Waals surface area contributed by atoms with Gasteiger partial charge in [-0.05, 0) is 0 Å². The van der Waals surface area contributed by atoms with Gasteiger partial charge in [-0.25, -0.2) is 0 Å². The third-order valence-electron chi connectivity index (χ3n) is 0. The minimum absolute atomic E-state index is 0. The van der Waals surface area contributed by atoms with Gasteiger partial charge in [-0.1, -0.05) is 0 Å². The molecule has 0 saturated carbocycles. The van der Waals surface area contributed by atoms with E-state index >= 15 is 0 Å². The number of hydrogen-bond acceptors (Lipinski definition) is 12. The Labute approximate surface area is 160 Å². The Morgan fingerprint density at radius 2 is 0.250 bits per heavy atom. The van der Waals surface area contributed by atoms with E-state index in [1.165, 1.54) is 0 Å². The van der Waals surface area contributed by atoms with Crippen LogP contribution in [0.2, 0.25) is 0 Å². The molecule has 0 aromatic carbocycles. The first-order valence-electron chi connectivity index (χ1n) is 3.10. The van der Waals surface area contributed by atoms with Crippen LogP contribution in [0.5, 0.6) is 0 Å². The monoisotopic (exact) mass is 560 g/mol. The maximum absolute atomic E-state index is 7.17. The van der Waals surface area contributed by atoms with E-state index in [1.54, 1.807) is 0 Å². The van der Waals surface area contributed by atoms with Crippen molar-refractivity contribution in [2.24, 2.45) is 0 Å². The molecule has 4 unspecified atom stereocenters. The van der Waals surface area contributed by atoms with E-state index in [0.717, 1.165) is 0 Å². The zero-order valence-electron chi connectivity index (χ0n) is 10.5. The van der Waals surface area contributed by atoms with Gasteiger partial charge in [-0.15, -0.1) is 0 Å². The second-order valence-electron chi connectivity index (χ2n) is 1.39. The summed E-state index contributed by atoms with van der Waals surface area (Å²) in [5.74, 6) is 0. The van der Waals surface area contributed by atoms with Crippen LogP contribution in [0.15, 0.2) is 0 Å². The van der Waals surface area contributed by atoms with Gasteiger partial charge in [0.15, 0.2) is 0 Å². The maximum atomic E-state index is 7.17. The molecule has 0 aliphatic rings. The molecule has 128 valence electrons. The first kappa shape index (κ1) is 49.5. The minimum atomic E-state index is -2.17. The van der Waals surface area contributed by atoms with Gasteiger partial charge in [0, 0.05) is 0 Å². The molecule has 20 heavy (non-hydrogen) atoms. The average Bonchev–Trinajstić information content (AvgIpc) is 1.76. The SMILES string of the molecule is OB(O)O.OB(O)O.OB(O)O.OB(O)O.[AsH3].[AsH3].[AsH3].[AsH3]. The van der Waals surface area contributed by atoms with Crippen LogP contribution in [0.4, 0.5) is 0 Å². The molecule has 0 radical (unpaired) electrons. The van der Waals surface area contributed by atoms with Crippen molar-refractivity contribution >= 4 is 101 Å². The molecule has 12 N–H and O–H groups in total. The van der Waals surface area contributed by atoms with Crippen LogP contribution < -0.4 is 0 Å². The number of hydrogen-bond donors (Lipinski definition) is 12. The van der Waals surface area contributed by atoms with E-state index < -0.39 is 29.3 Å². The summed E-state index contributed by atoms with van der Waals surface area (Å²) in [7, 11) is -8.67. The van der Waals surface area contributed by atoms with E-state index in [9.17, 15) is 0 Å². The third-order valence-corrected chi connectivity index (χ3v) is 0. The predicted octanol–water partition coefficient (Wildman–Crippen LogP) is -12.9. The molecule has 0 aromatic heterocycles. The predicted molar refractivity (Wildman–Crippen MR) is 89.4 cm³/mol. The molecule has 20 heteroatoms. The van der Waals surface area contributed by atoms with Crippen LogP contribution in [0.25, 0.3) is 0 Å². The van der Waals surface area contributed by atoms with E-state index in [4.69, 9.17) is 60.3 Å². The van der Waals surface area contributed by atoms with Crippen LogP contribution in [-0.4, -0.2) is 161 Å². The van der Waals surface area contributed by atoms with Crippen molar-refractivity contribution in [3.05, 3.63) is 0 Å². The molecule has 0 fully saturated rings. The Morgan fingerprint density at radius 1 is 0.250 bits per heavy atom. The molecule has 0 spiro atoms. The van der Waals surface area contributed by atoms with Crippen LogP contribution >= 0.6 is 0 Å². The number of rotatable bonds is 0. The zero-order chi connectivity index (χ0) is 14.3. The molecule has 0 amide bonds. The molecular weight excluding hydrogens is 535 g/mol. The standard InChI is InChI=1S/4AsH3.4BH3O3/c;;;;4*2-1(3)4/h4*1H3;4*2-4H. The topological polar surface area (TPSA) is 243 Å². The van der Waals surface area contributed by atoms with Crippen molar-refractivity contribution in [2.45, 2.75) is 0 Å². The van der Waals surface area contributed by atoms with E-state index in [0.29, 0.717) is 0 Å². The van der Waals surface area contributed by atoms with Gasteiger partial charge < -0.3 is 60.3 Å². The second kappa shape index (κ2) is 42.9. The summed E-state index contributed by atoms with van der Waals surface area (Å²) in [4.78, 5) is 0. The molecule has 0 rings (SSSR count). The first-order chi connectivity index (χ1) is 6.93. The summed E-state index contributed by atoms with van der Waals surface area (Å²) in [6.45, 7) is 0. The Kier molecular flexibility index (Phi) is 106. The fourth-order valence-electron chi connectivity index (χ4n) is 0. The third kappa shape index (κ3) is 1780. The van der Waals surface area contributed by atoms with Gasteiger partial charge in [0.1, 0.15) is 0 Å². The van der Waals surface area contributed by atoms with Crippen molar-refractivity contribution in [3.8, 4) is 0 Å². The van der Waals surface area contributed by atoms with E-state index in [1.807, 2.05) is 0 Å². The first-order valence-corrected chi connectivity index (χ1v) is 3.10. The van der Waals surface area contributed by atoms with Crippen LogP contribution in [0.3, 0.4) is 0 Å². The van der Waals surface area contributed by atoms with E-state index in [-0.39, 0.29) is 71.8 Å². The van der Waals surface area contributed by atoms with Crippen LogP contribution in [0, 0.1) is 0 Å². The summed E-state index contributed by atoms with van der Waals surface area (Å²) in [5.41, 5.74) is 0. The Balaban J connectivity index is -0.0000000150. The average molecular weight is 559 g/mol. The quantitative estimate of drug-likeness (QED) is 0.124. The van der Waals surface area contributed by atoms with Gasteiger partial charge in [0.25, 0.3) is 0 Å². The molecular formula is H24As4B4O12. The van der Waals surface area contributed by atoms with Crippen molar-refractivity contribution < 1.29 is 60.3 Å². The molecule has 0 aromatic rings. The van der Waals surface area contributed by atoms with Gasteiger partial charge in [0.2, 0.25) is 0 Å². The van der Waals surface area contributed by atoms with Crippen LogP contribution in [-0.2, 0) is 0 Å². The van der Waals surface area contributed by atoms with Crippen molar-refractivity contribution in [2.75, 3.05) is 0 Å². The summed E-state index contributed by atoms with van der Waals surface area (Å²) in [6.07, 6.45) is 0. The summed E-state index contributed by atoms with van der Waals surface area (Å²) in [5, 5.41) is 86.0. The fraction of sp³-hybridized carbons (Fsp3) is 0. The van der Waals surface area contributed by atoms with Gasteiger partial charge >= 0.3 is 101 Å². The van der Waals surface area contributed by atoms with Crippen LogP contribution in [0.1, 0.15) is 0 Å². The van der Waals surface area contributed by atoms with Gasteiger partial charge in [0.05, 0.1) is 0 Å². The molecule has 0 heterocycles. The molecule has 12 nitrogen and oxygen atoms in total. The second-order valence-corrected chi connectivity index (χ2v) is 1.39. The molecule has 0 aliphatic carbocycles. The van der Waals surface area contributed by atoms with Gasteiger partial charge in [-0.2, -0.15) is 0 Å². The van der Waals surface area contributed by atoms with Crippen molar-refractivity contribution in [1.82, 2.24) is 0 Å². The van der Waals surface area contributed by atoms with Gasteiger partial charge in [-0.3, -0.25) is 0 Å². The molecule has 0 saturated heterocycles. The fourth-order valence-corrected chi connectivity index (χ4v) is 0. The summed E-state index contributed by atoms with van der Waals surface area (Å²) < 4.78 is 0. The Hall–Kier alpha value is 2.01. The molecule has 4 atom stereocenters. The zero-order valence-corrected chi connectivity index (χ0v) is 22.4. The summed E-state index contributed by atoms with van der Waals surface area (Å²) >= 11 is 0. The normalized spacial score (nSPS) is 5.40. The molecule has 0 bridgehead atoms. The van der Waals surface area contributed by atoms with E-state index in [2.05, 4.69) is 0 Å². The Morgan fingerprint density at radius 3 is 0.250 bits per heavy atom. The Bertz CT molecular complexity index is 70.4.